The molecule has 20 heavy (non-hydrogen) atoms. The van der Waals surface area contributed by atoms with Crippen molar-refractivity contribution in [2.45, 2.75) is 25.0 Å². The Kier molecular flexibility index (Phi) is 5.66. The minimum atomic E-state index is 0.0939. The number of hydrogen-bond acceptors (Lipinski definition) is 4. The maximum atomic E-state index is 6.37. The molecular weight excluding hydrogens is 276 g/mol. The van der Waals surface area contributed by atoms with E-state index in [1.165, 1.54) is 0 Å². The Labute approximate surface area is 125 Å². The predicted octanol–water partition coefficient (Wildman–Crippen LogP) is 2.46. The fourth-order valence-electron chi connectivity index (χ4n) is 2.89. The summed E-state index contributed by atoms with van der Waals surface area (Å²) < 4.78 is 10.9. The van der Waals surface area contributed by atoms with Crippen LogP contribution < -0.4 is 10.5 Å². The third kappa shape index (κ3) is 3.26. The van der Waals surface area contributed by atoms with Crippen LogP contribution in [-0.2, 0) is 4.74 Å². The fraction of sp³-hybridized carbons (Fsp3) is 0.600. The number of nitrogens with zero attached hydrogens (tertiary/aromatic N) is 1. The highest BCUT2D eigenvalue weighted by molar-refractivity contribution is 6.31. The molecule has 4 nitrogen and oxygen atoms in total. The van der Waals surface area contributed by atoms with Gasteiger partial charge < -0.3 is 15.2 Å². The summed E-state index contributed by atoms with van der Waals surface area (Å²) in [4.78, 5) is 2.37. The van der Waals surface area contributed by atoms with Crippen LogP contribution in [0.1, 0.15) is 24.4 Å². The molecule has 0 radical (unpaired) electrons. The van der Waals surface area contributed by atoms with Crippen molar-refractivity contribution in [1.29, 1.82) is 0 Å². The minimum Gasteiger partial charge on any atom is -0.496 e. The summed E-state index contributed by atoms with van der Waals surface area (Å²) in [5.41, 5.74) is 7.00. The summed E-state index contributed by atoms with van der Waals surface area (Å²) in [5, 5.41) is 0.716. The van der Waals surface area contributed by atoms with E-state index < -0.39 is 0 Å². The van der Waals surface area contributed by atoms with Gasteiger partial charge in [0.2, 0.25) is 0 Å². The molecule has 1 aromatic carbocycles. The highest BCUT2D eigenvalue weighted by Gasteiger charge is 2.28. The summed E-state index contributed by atoms with van der Waals surface area (Å²) in [6.45, 7) is 2.46. The Morgan fingerprint density at radius 1 is 1.35 bits per heavy atom. The van der Waals surface area contributed by atoms with E-state index in [1.807, 2.05) is 18.2 Å². The molecular formula is C15H23ClN2O2. The van der Waals surface area contributed by atoms with Crippen molar-refractivity contribution in [2.75, 3.05) is 33.9 Å². The number of nitrogens with two attached hydrogens (primary N) is 1. The van der Waals surface area contributed by atoms with Crippen LogP contribution in [0.3, 0.4) is 0 Å². The Balaban J connectivity index is 2.21. The molecule has 2 N–H and O–H groups in total. The molecule has 2 rings (SSSR count). The second-order valence-corrected chi connectivity index (χ2v) is 5.49. The number of halogens is 1. The number of rotatable bonds is 5. The molecule has 0 aromatic heterocycles. The predicted molar refractivity (Wildman–Crippen MR) is 81.4 cm³/mol. The van der Waals surface area contributed by atoms with Gasteiger partial charge in [-0.2, -0.15) is 0 Å². The summed E-state index contributed by atoms with van der Waals surface area (Å²) >= 11 is 6.37. The topological polar surface area (TPSA) is 47.7 Å². The first-order valence-electron chi connectivity index (χ1n) is 7.00. The second-order valence-electron chi connectivity index (χ2n) is 5.08. The molecule has 1 saturated heterocycles. The Bertz CT molecular complexity index is 434. The first-order chi connectivity index (χ1) is 9.71. The molecule has 1 aromatic rings. The average Bonchev–Trinajstić information content (AvgIpc) is 2.50. The third-order valence-electron chi connectivity index (χ3n) is 4.04. The van der Waals surface area contributed by atoms with Crippen molar-refractivity contribution in [3.63, 3.8) is 0 Å². The van der Waals surface area contributed by atoms with Crippen LogP contribution in [0.2, 0.25) is 5.02 Å². The maximum absolute atomic E-state index is 6.37. The zero-order chi connectivity index (χ0) is 14.5. The van der Waals surface area contributed by atoms with Crippen LogP contribution in [0.15, 0.2) is 18.2 Å². The van der Waals surface area contributed by atoms with Gasteiger partial charge in [0, 0.05) is 37.3 Å². The van der Waals surface area contributed by atoms with Crippen LogP contribution in [-0.4, -0.2) is 44.9 Å². The molecule has 5 heteroatoms. The van der Waals surface area contributed by atoms with E-state index >= 15 is 0 Å². The van der Waals surface area contributed by atoms with Gasteiger partial charge in [0.15, 0.2) is 0 Å². The van der Waals surface area contributed by atoms with Crippen LogP contribution in [0, 0.1) is 0 Å². The van der Waals surface area contributed by atoms with E-state index in [4.69, 9.17) is 26.8 Å². The van der Waals surface area contributed by atoms with Crippen molar-refractivity contribution in [3.05, 3.63) is 28.8 Å². The van der Waals surface area contributed by atoms with E-state index in [0.717, 1.165) is 37.2 Å². The number of methoxy groups -OCH3 is 2. The normalized spacial score (nSPS) is 19.0. The Morgan fingerprint density at radius 3 is 2.60 bits per heavy atom. The average molecular weight is 299 g/mol. The lowest BCUT2D eigenvalue weighted by molar-refractivity contribution is 0.0277. The van der Waals surface area contributed by atoms with Gasteiger partial charge in [0.1, 0.15) is 5.75 Å². The lowest BCUT2D eigenvalue weighted by Crippen LogP contribution is -2.41. The molecule has 112 valence electrons. The molecule has 0 saturated carbocycles. The van der Waals surface area contributed by atoms with Gasteiger partial charge in [0.25, 0.3) is 0 Å². The minimum absolute atomic E-state index is 0.0939. The van der Waals surface area contributed by atoms with Crippen LogP contribution in [0.4, 0.5) is 0 Å². The van der Waals surface area contributed by atoms with E-state index in [1.54, 1.807) is 14.2 Å². The molecule has 1 fully saturated rings. The second kappa shape index (κ2) is 7.27. The number of ether oxygens (including phenoxy) is 2. The molecule has 0 spiro atoms. The number of hydrogen-bond donors (Lipinski definition) is 1. The molecule has 1 heterocycles. The highest BCUT2D eigenvalue weighted by Crippen LogP contribution is 2.36. The number of benzene rings is 1. The summed E-state index contributed by atoms with van der Waals surface area (Å²) in [5.74, 6) is 0.807. The van der Waals surface area contributed by atoms with Gasteiger partial charge in [-0.25, -0.2) is 0 Å². The van der Waals surface area contributed by atoms with Crippen molar-refractivity contribution in [2.24, 2.45) is 5.73 Å². The zero-order valence-corrected chi connectivity index (χ0v) is 12.9. The summed E-state index contributed by atoms with van der Waals surface area (Å²) in [6.07, 6.45) is 2.41. The summed E-state index contributed by atoms with van der Waals surface area (Å²) in [7, 11) is 3.44. The Morgan fingerprint density at radius 2 is 2.05 bits per heavy atom. The standard InChI is InChI=1S/C15H23ClN2O2/c1-19-11-6-8-18(9-7-11)13(10-17)15-12(16)4-3-5-14(15)20-2/h3-5,11,13H,6-10,17H2,1-2H3. The van der Waals surface area contributed by atoms with E-state index in [0.29, 0.717) is 17.7 Å². The largest absolute Gasteiger partial charge is 0.496 e. The molecule has 0 aliphatic carbocycles. The third-order valence-corrected chi connectivity index (χ3v) is 4.37. The molecule has 1 aliphatic rings. The van der Waals surface area contributed by atoms with Gasteiger partial charge in [-0.15, -0.1) is 0 Å². The van der Waals surface area contributed by atoms with Crippen molar-refractivity contribution in [1.82, 2.24) is 4.90 Å². The molecule has 1 atom stereocenters. The SMILES string of the molecule is COc1cccc(Cl)c1C(CN)N1CCC(OC)CC1. The molecule has 0 bridgehead atoms. The molecule has 1 aliphatic heterocycles. The maximum Gasteiger partial charge on any atom is 0.125 e. The monoisotopic (exact) mass is 298 g/mol. The van der Waals surface area contributed by atoms with Crippen molar-refractivity contribution in [3.8, 4) is 5.75 Å². The number of piperidine rings is 1. The van der Waals surface area contributed by atoms with E-state index in [-0.39, 0.29) is 6.04 Å². The van der Waals surface area contributed by atoms with Gasteiger partial charge in [-0.3, -0.25) is 4.90 Å². The lowest BCUT2D eigenvalue weighted by atomic mass is 9.99. The van der Waals surface area contributed by atoms with Crippen LogP contribution >= 0.6 is 11.6 Å². The van der Waals surface area contributed by atoms with Crippen molar-refractivity contribution >= 4 is 11.6 Å². The van der Waals surface area contributed by atoms with Crippen LogP contribution in [0.25, 0.3) is 0 Å². The van der Waals surface area contributed by atoms with Crippen molar-refractivity contribution < 1.29 is 9.47 Å². The Hall–Kier alpha value is -0.810. The van der Waals surface area contributed by atoms with Gasteiger partial charge >= 0.3 is 0 Å². The zero-order valence-electron chi connectivity index (χ0n) is 12.1. The highest BCUT2D eigenvalue weighted by atomic mass is 35.5. The molecule has 1 unspecified atom stereocenters. The van der Waals surface area contributed by atoms with Crippen LogP contribution in [0.5, 0.6) is 5.75 Å². The number of likely N-dealkylation sites (tertiary alicyclic amines) is 1. The van der Waals surface area contributed by atoms with Gasteiger partial charge in [-0.1, -0.05) is 17.7 Å². The van der Waals surface area contributed by atoms with Gasteiger partial charge in [0.05, 0.1) is 19.3 Å². The fourth-order valence-corrected chi connectivity index (χ4v) is 3.18. The lowest BCUT2D eigenvalue weighted by Gasteiger charge is -2.37. The van der Waals surface area contributed by atoms with Gasteiger partial charge in [-0.05, 0) is 25.0 Å². The quantitative estimate of drug-likeness (QED) is 0.907. The first-order valence-corrected chi connectivity index (χ1v) is 7.38. The first kappa shape index (κ1) is 15.6. The van der Waals surface area contributed by atoms with E-state index in [2.05, 4.69) is 4.90 Å². The molecule has 0 amide bonds. The smallest absolute Gasteiger partial charge is 0.125 e. The van der Waals surface area contributed by atoms with E-state index in [9.17, 15) is 0 Å². The summed E-state index contributed by atoms with van der Waals surface area (Å²) in [6, 6.07) is 5.82.